The standard InChI is InChI=1S/C15H16N2O3/c1-2-14(18)16-17-15(19)10-20-13-9-5-7-11-6-3-4-8-12(11)13/h3-9H,2,10H2,1H3,(H,16,18)(H,17,19). The molecule has 2 rings (SSSR count). The van der Waals surface area contributed by atoms with Crippen molar-refractivity contribution < 1.29 is 14.3 Å². The van der Waals surface area contributed by atoms with Crippen LogP contribution in [0.4, 0.5) is 0 Å². The Bertz CT molecular complexity index is 620. The van der Waals surface area contributed by atoms with Crippen LogP contribution in [-0.4, -0.2) is 18.4 Å². The lowest BCUT2D eigenvalue weighted by Crippen LogP contribution is -2.43. The average Bonchev–Trinajstić information content (AvgIpc) is 2.50. The van der Waals surface area contributed by atoms with Crippen molar-refractivity contribution in [1.29, 1.82) is 0 Å². The summed E-state index contributed by atoms with van der Waals surface area (Å²) >= 11 is 0. The molecule has 2 aromatic rings. The van der Waals surface area contributed by atoms with Gasteiger partial charge in [-0.05, 0) is 11.5 Å². The van der Waals surface area contributed by atoms with Crippen LogP contribution < -0.4 is 15.6 Å². The molecule has 0 spiro atoms. The number of hydrogen-bond donors (Lipinski definition) is 2. The Labute approximate surface area is 116 Å². The second-order valence-electron chi connectivity index (χ2n) is 4.22. The van der Waals surface area contributed by atoms with Gasteiger partial charge in [-0.1, -0.05) is 43.3 Å². The number of fused-ring (bicyclic) bond motifs is 1. The van der Waals surface area contributed by atoms with E-state index in [0.29, 0.717) is 12.2 Å². The number of hydrogen-bond acceptors (Lipinski definition) is 3. The molecule has 2 aromatic carbocycles. The first-order valence-electron chi connectivity index (χ1n) is 6.39. The number of carbonyl (C=O) groups excluding carboxylic acids is 2. The number of rotatable bonds is 4. The van der Waals surface area contributed by atoms with Gasteiger partial charge in [0.15, 0.2) is 6.61 Å². The predicted molar refractivity (Wildman–Crippen MR) is 76.0 cm³/mol. The minimum atomic E-state index is -0.403. The Morgan fingerprint density at radius 1 is 1.00 bits per heavy atom. The minimum absolute atomic E-state index is 0.155. The molecule has 0 unspecified atom stereocenters. The fourth-order valence-corrected chi connectivity index (χ4v) is 1.73. The van der Waals surface area contributed by atoms with Crippen molar-refractivity contribution in [2.45, 2.75) is 13.3 Å². The molecule has 0 bridgehead atoms. The van der Waals surface area contributed by atoms with E-state index in [1.54, 1.807) is 13.0 Å². The molecule has 2 N–H and O–H groups in total. The number of ether oxygens (including phenoxy) is 1. The van der Waals surface area contributed by atoms with Gasteiger partial charge in [-0.2, -0.15) is 0 Å². The first-order valence-corrected chi connectivity index (χ1v) is 6.39. The topological polar surface area (TPSA) is 67.4 Å². The number of amides is 2. The highest BCUT2D eigenvalue weighted by Gasteiger charge is 2.06. The monoisotopic (exact) mass is 272 g/mol. The van der Waals surface area contributed by atoms with Crippen LogP contribution in [0.25, 0.3) is 10.8 Å². The summed E-state index contributed by atoms with van der Waals surface area (Å²) in [7, 11) is 0. The van der Waals surface area contributed by atoms with E-state index >= 15 is 0 Å². The molecule has 0 fully saturated rings. The Hall–Kier alpha value is -2.56. The molecule has 20 heavy (non-hydrogen) atoms. The predicted octanol–water partition coefficient (Wildman–Crippen LogP) is 1.78. The fraction of sp³-hybridized carbons (Fsp3) is 0.200. The van der Waals surface area contributed by atoms with Crippen molar-refractivity contribution in [3.8, 4) is 5.75 Å². The van der Waals surface area contributed by atoms with E-state index in [1.165, 1.54) is 0 Å². The molecule has 5 nitrogen and oxygen atoms in total. The van der Waals surface area contributed by atoms with Gasteiger partial charge in [-0.3, -0.25) is 20.4 Å². The van der Waals surface area contributed by atoms with Crippen LogP contribution in [0.15, 0.2) is 42.5 Å². The molecule has 104 valence electrons. The quantitative estimate of drug-likeness (QED) is 0.834. The van der Waals surface area contributed by atoms with Gasteiger partial charge in [0.1, 0.15) is 5.75 Å². The smallest absolute Gasteiger partial charge is 0.276 e. The van der Waals surface area contributed by atoms with E-state index in [-0.39, 0.29) is 12.5 Å². The maximum absolute atomic E-state index is 11.5. The summed E-state index contributed by atoms with van der Waals surface area (Å²) in [4.78, 5) is 22.5. The van der Waals surface area contributed by atoms with Crippen molar-refractivity contribution in [1.82, 2.24) is 10.9 Å². The van der Waals surface area contributed by atoms with Gasteiger partial charge >= 0.3 is 0 Å². The van der Waals surface area contributed by atoms with Gasteiger partial charge in [0.2, 0.25) is 5.91 Å². The summed E-state index contributed by atoms with van der Waals surface area (Å²) in [6, 6.07) is 13.4. The average molecular weight is 272 g/mol. The third-order valence-electron chi connectivity index (χ3n) is 2.77. The van der Waals surface area contributed by atoms with Crippen molar-refractivity contribution in [2.75, 3.05) is 6.61 Å². The molecular weight excluding hydrogens is 256 g/mol. The summed E-state index contributed by atoms with van der Waals surface area (Å²) in [5, 5.41) is 1.99. The molecule has 5 heteroatoms. The van der Waals surface area contributed by atoms with Crippen molar-refractivity contribution in [3.63, 3.8) is 0 Å². The van der Waals surface area contributed by atoms with E-state index in [4.69, 9.17) is 4.74 Å². The Balaban J connectivity index is 1.96. The molecule has 0 aliphatic carbocycles. The Kier molecular flexibility index (Phi) is 4.55. The molecule has 0 saturated heterocycles. The van der Waals surface area contributed by atoms with Gasteiger partial charge in [-0.25, -0.2) is 0 Å². The zero-order chi connectivity index (χ0) is 14.4. The van der Waals surface area contributed by atoms with Crippen molar-refractivity contribution in [3.05, 3.63) is 42.5 Å². The number of nitrogens with one attached hydrogen (secondary N) is 2. The van der Waals surface area contributed by atoms with Gasteiger partial charge in [0.25, 0.3) is 5.91 Å². The van der Waals surface area contributed by atoms with E-state index < -0.39 is 5.91 Å². The highest BCUT2D eigenvalue weighted by atomic mass is 16.5. The third kappa shape index (κ3) is 3.47. The molecule has 2 amide bonds. The molecule has 0 saturated carbocycles. The van der Waals surface area contributed by atoms with Gasteiger partial charge < -0.3 is 4.74 Å². The highest BCUT2D eigenvalue weighted by Crippen LogP contribution is 2.24. The van der Waals surface area contributed by atoms with Gasteiger partial charge in [0, 0.05) is 11.8 Å². The SMILES string of the molecule is CCC(=O)NNC(=O)COc1cccc2ccccc12. The maximum Gasteiger partial charge on any atom is 0.276 e. The van der Waals surface area contributed by atoms with Crippen LogP contribution >= 0.6 is 0 Å². The summed E-state index contributed by atoms with van der Waals surface area (Å²) in [5.74, 6) is -0.0108. The number of carbonyl (C=O) groups is 2. The Morgan fingerprint density at radius 3 is 2.50 bits per heavy atom. The van der Waals surface area contributed by atoms with E-state index in [2.05, 4.69) is 10.9 Å². The zero-order valence-corrected chi connectivity index (χ0v) is 11.2. The summed E-state index contributed by atoms with van der Waals surface area (Å²) in [6.07, 6.45) is 0.310. The first-order chi connectivity index (χ1) is 9.70. The lowest BCUT2D eigenvalue weighted by atomic mass is 10.1. The molecule has 0 heterocycles. The van der Waals surface area contributed by atoms with E-state index in [1.807, 2.05) is 36.4 Å². The molecular formula is C15H16N2O3. The number of benzene rings is 2. The number of hydrazine groups is 1. The van der Waals surface area contributed by atoms with E-state index in [9.17, 15) is 9.59 Å². The summed E-state index contributed by atoms with van der Waals surface area (Å²) < 4.78 is 5.48. The molecule has 0 atom stereocenters. The van der Waals surface area contributed by atoms with Crippen molar-refractivity contribution in [2.24, 2.45) is 0 Å². The zero-order valence-electron chi connectivity index (χ0n) is 11.2. The molecule has 0 radical (unpaired) electrons. The van der Waals surface area contributed by atoms with Crippen LogP contribution in [0.3, 0.4) is 0 Å². The maximum atomic E-state index is 11.5. The lowest BCUT2D eigenvalue weighted by Gasteiger charge is -2.10. The molecule has 0 aromatic heterocycles. The largest absolute Gasteiger partial charge is 0.483 e. The Morgan fingerprint density at radius 2 is 1.70 bits per heavy atom. The van der Waals surface area contributed by atoms with Crippen LogP contribution in [0.5, 0.6) is 5.75 Å². The van der Waals surface area contributed by atoms with Gasteiger partial charge in [0.05, 0.1) is 0 Å². The fourth-order valence-electron chi connectivity index (χ4n) is 1.73. The first kappa shape index (κ1) is 13.9. The summed E-state index contributed by atoms with van der Waals surface area (Å²) in [5.41, 5.74) is 4.58. The second kappa shape index (κ2) is 6.56. The molecule has 0 aliphatic rings. The van der Waals surface area contributed by atoms with Gasteiger partial charge in [-0.15, -0.1) is 0 Å². The third-order valence-corrected chi connectivity index (χ3v) is 2.77. The van der Waals surface area contributed by atoms with Crippen molar-refractivity contribution >= 4 is 22.6 Å². The van der Waals surface area contributed by atoms with Crippen LogP contribution in [-0.2, 0) is 9.59 Å². The summed E-state index contributed by atoms with van der Waals surface area (Å²) in [6.45, 7) is 1.55. The highest BCUT2D eigenvalue weighted by molar-refractivity contribution is 5.89. The van der Waals surface area contributed by atoms with Crippen LogP contribution in [0, 0.1) is 0 Å². The van der Waals surface area contributed by atoms with Crippen LogP contribution in [0.2, 0.25) is 0 Å². The second-order valence-corrected chi connectivity index (χ2v) is 4.22. The van der Waals surface area contributed by atoms with E-state index in [0.717, 1.165) is 10.8 Å². The minimum Gasteiger partial charge on any atom is -0.483 e. The molecule has 0 aliphatic heterocycles. The lowest BCUT2D eigenvalue weighted by molar-refractivity contribution is -0.129. The van der Waals surface area contributed by atoms with Crippen LogP contribution in [0.1, 0.15) is 13.3 Å². The normalized spacial score (nSPS) is 10.1.